The number of benzene rings is 2. The Morgan fingerprint density at radius 2 is 1.64 bits per heavy atom. The molecule has 0 radical (unpaired) electrons. The van der Waals surface area contributed by atoms with Gasteiger partial charge < -0.3 is 25.0 Å². The van der Waals surface area contributed by atoms with Crippen LogP contribution in [0.15, 0.2) is 54.6 Å². The van der Waals surface area contributed by atoms with E-state index in [2.05, 4.69) is 10.6 Å². The van der Waals surface area contributed by atoms with Gasteiger partial charge in [-0.2, -0.15) is 0 Å². The van der Waals surface area contributed by atoms with Crippen LogP contribution < -0.4 is 20.1 Å². The van der Waals surface area contributed by atoms with E-state index in [0.717, 1.165) is 0 Å². The van der Waals surface area contributed by atoms with E-state index in [4.69, 9.17) is 9.47 Å². The molecule has 0 bridgehead atoms. The molecule has 36 heavy (non-hydrogen) atoms. The van der Waals surface area contributed by atoms with Gasteiger partial charge in [-0.05, 0) is 49.4 Å². The number of rotatable bonds is 7. The number of nitrogens with zero attached hydrogens (tertiary/aromatic N) is 1. The monoisotopic (exact) mass is 493 g/mol. The summed E-state index contributed by atoms with van der Waals surface area (Å²) in [6, 6.07) is 14.1. The minimum absolute atomic E-state index is 0.0815. The standard InChI is InChI=1S/C27H31N3O6/c1-17(2)15-20(29-25(33)27-35-22-12-6-7-13-23(22)36-27)24(32)28-19-11-8-14-30(16-21(19)31)26(34)18-9-4-3-5-10-18/h3-7,9-10,12-13,17,19-20,27H,8,11,14-16H2,1-2H3,(H,28,32)(H,29,33). The fraction of sp³-hybridized carbons (Fsp3) is 0.407. The predicted octanol–water partition coefficient (Wildman–Crippen LogP) is 2.30. The Hall–Kier alpha value is -3.88. The van der Waals surface area contributed by atoms with E-state index in [1.54, 1.807) is 48.5 Å². The Kier molecular flexibility index (Phi) is 7.87. The van der Waals surface area contributed by atoms with Crippen molar-refractivity contribution >= 4 is 23.5 Å². The lowest BCUT2D eigenvalue weighted by molar-refractivity contribution is -0.140. The third-order valence-electron chi connectivity index (χ3n) is 6.15. The van der Waals surface area contributed by atoms with Gasteiger partial charge in [-0.25, -0.2) is 0 Å². The molecule has 2 aromatic rings. The maximum atomic E-state index is 13.2. The zero-order valence-corrected chi connectivity index (χ0v) is 20.4. The molecule has 2 atom stereocenters. The third-order valence-corrected chi connectivity index (χ3v) is 6.15. The summed E-state index contributed by atoms with van der Waals surface area (Å²) < 4.78 is 11.1. The van der Waals surface area contributed by atoms with Crippen LogP contribution in [0.2, 0.25) is 0 Å². The van der Waals surface area contributed by atoms with Gasteiger partial charge in [0.1, 0.15) is 6.04 Å². The summed E-state index contributed by atoms with van der Waals surface area (Å²) in [6.45, 7) is 4.22. The zero-order valence-electron chi connectivity index (χ0n) is 20.4. The molecule has 3 amide bonds. The normalized spacial score (nSPS) is 18.5. The van der Waals surface area contributed by atoms with Crippen molar-refractivity contribution in [2.24, 2.45) is 5.92 Å². The molecule has 0 saturated carbocycles. The van der Waals surface area contributed by atoms with Crippen LogP contribution in [0, 0.1) is 5.92 Å². The number of hydrogen-bond acceptors (Lipinski definition) is 6. The smallest absolute Gasteiger partial charge is 0.321 e. The number of fused-ring (bicyclic) bond motifs is 1. The van der Waals surface area contributed by atoms with Gasteiger partial charge >= 0.3 is 12.2 Å². The van der Waals surface area contributed by atoms with Crippen molar-refractivity contribution in [2.45, 2.75) is 51.5 Å². The Morgan fingerprint density at radius 3 is 2.28 bits per heavy atom. The second-order valence-corrected chi connectivity index (χ2v) is 9.47. The summed E-state index contributed by atoms with van der Waals surface area (Å²) in [5.41, 5.74) is 0.519. The number of Topliss-reactive ketones (excluding diaryl/α,β-unsaturated/α-hetero) is 1. The minimum atomic E-state index is -1.19. The Bertz CT molecular complexity index is 1090. The summed E-state index contributed by atoms with van der Waals surface area (Å²) in [7, 11) is 0. The largest absolute Gasteiger partial charge is 0.442 e. The van der Waals surface area contributed by atoms with Crippen molar-refractivity contribution in [1.29, 1.82) is 0 Å². The van der Waals surface area contributed by atoms with E-state index in [9.17, 15) is 19.2 Å². The molecule has 0 spiro atoms. The third kappa shape index (κ3) is 6.02. The number of likely N-dealkylation sites (tertiary alicyclic amines) is 1. The van der Waals surface area contributed by atoms with Crippen LogP contribution in [0.3, 0.4) is 0 Å². The lowest BCUT2D eigenvalue weighted by Crippen LogP contribution is -2.55. The van der Waals surface area contributed by atoms with E-state index in [1.165, 1.54) is 4.90 Å². The molecule has 9 nitrogen and oxygen atoms in total. The van der Waals surface area contributed by atoms with Crippen molar-refractivity contribution in [3.63, 3.8) is 0 Å². The molecule has 0 aromatic heterocycles. The van der Waals surface area contributed by atoms with E-state index in [0.29, 0.717) is 42.9 Å². The Morgan fingerprint density at radius 1 is 1.00 bits per heavy atom. The average Bonchev–Trinajstić information content (AvgIpc) is 3.23. The van der Waals surface area contributed by atoms with Gasteiger partial charge in [0.2, 0.25) is 5.91 Å². The van der Waals surface area contributed by atoms with Gasteiger partial charge in [0.15, 0.2) is 17.3 Å². The minimum Gasteiger partial charge on any atom is -0.442 e. The van der Waals surface area contributed by atoms with Gasteiger partial charge in [0, 0.05) is 12.1 Å². The number of carbonyl (C=O) groups excluding carboxylic acids is 4. The van der Waals surface area contributed by atoms with Crippen LogP contribution in [-0.4, -0.2) is 59.9 Å². The molecule has 2 aliphatic heterocycles. The van der Waals surface area contributed by atoms with Crippen LogP contribution in [0.25, 0.3) is 0 Å². The number of amides is 3. The van der Waals surface area contributed by atoms with E-state index in [-0.39, 0.29) is 24.2 Å². The zero-order chi connectivity index (χ0) is 25.7. The first-order valence-corrected chi connectivity index (χ1v) is 12.2. The molecule has 1 fully saturated rings. The van der Waals surface area contributed by atoms with Crippen molar-refractivity contribution in [3.05, 3.63) is 60.2 Å². The number of hydrogen-bond donors (Lipinski definition) is 2. The first-order valence-electron chi connectivity index (χ1n) is 12.2. The highest BCUT2D eigenvalue weighted by molar-refractivity contribution is 5.99. The lowest BCUT2D eigenvalue weighted by atomic mass is 10.0. The Balaban J connectivity index is 1.37. The molecule has 2 unspecified atom stereocenters. The highest BCUT2D eigenvalue weighted by Crippen LogP contribution is 2.33. The molecule has 1 saturated heterocycles. The van der Waals surface area contributed by atoms with Crippen LogP contribution in [0.5, 0.6) is 11.5 Å². The molecule has 2 N–H and O–H groups in total. The SMILES string of the molecule is CC(C)CC(NC(=O)C1Oc2ccccc2O1)C(=O)NC1CCCN(C(=O)c2ccccc2)CC1=O. The van der Waals surface area contributed by atoms with Crippen LogP contribution in [0.4, 0.5) is 0 Å². The molecule has 2 heterocycles. The number of ketones is 1. The fourth-order valence-corrected chi connectivity index (χ4v) is 4.34. The summed E-state index contributed by atoms with van der Waals surface area (Å²) in [4.78, 5) is 53.3. The first-order chi connectivity index (χ1) is 17.3. The highest BCUT2D eigenvalue weighted by Gasteiger charge is 2.35. The van der Waals surface area contributed by atoms with Gasteiger partial charge in [0.25, 0.3) is 5.91 Å². The first kappa shape index (κ1) is 25.2. The highest BCUT2D eigenvalue weighted by atomic mass is 16.7. The van der Waals surface area contributed by atoms with E-state index >= 15 is 0 Å². The number of para-hydroxylation sites is 2. The maximum absolute atomic E-state index is 13.2. The topological polar surface area (TPSA) is 114 Å². The van der Waals surface area contributed by atoms with Gasteiger partial charge in [0.05, 0.1) is 12.6 Å². The molecule has 2 aromatic carbocycles. The van der Waals surface area contributed by atoms with Crippen LogP contribution in [0.1, 0.15) is 43.5 Å². The van der Waals surface area contributed by atoms with Crippen molar-refractivity contribution < 1.29 is 28.7 Å². The average molecular weight is 494 g/mol. The van der Waals surface area contributed by atoms with Crippen molar-refractivity contribution in [2.75, 3.05) is 13.1 Å². The lowest BCUT2D eigenvalue weighted by Gasteiger charge is -2.24. The number of ether oxygens (including phenoxy) is 2. The Labute approximate surface area is 210 Å². The van der Waals surface area contributed by atoms with Crippen molar-refractivity contribution in [3.8, 4) is 11.5 Å². The van der Waals surface area contributed by atoms with E-state index in [1.807, 2.05) is 19.9 Å². The van der Waals surface area contributed by atoms with E-state index < -0.39 is 30.2 Å². The number of carbonyl (C=O) groups is 4. The molecule has 190 valence electrons. The summed E-state index contributed by atoms with van der Waals surface area (Å²) >= 11 is 0. The molecule has 4 rings (SSSR count). The molecular weight excluding hydrogens is 462 g/mol. The quantitative estimate of drug-likeness (QED) is 0.612. The molecule has 0 aliphatic carbocycles. The second-order valence-electron chi connectivity index (χ2n) is 9.47. The van der Waals surface area contributed by atoms with Crippen LogP contribution in [-0.2, 0) is 14.4 Å². The van der Waals surface area contributed by atoms with Crippen LogP contribution >= 0.6 is 0 Å². The predicted molar refractivity (Wildman–Crippen MR) is 131 cm³/mol. The molecule has 2 aliphatic rings. The fourth-order valence-electron chi connectivity index (χ4n) is 4.34. The second kappa shape index (κ2) is 11.2. The maximum Gasteiger partial charge on any atom is 0.321 e. The summed E-state index contributed by atoms with van der Waals surface area (Å²) in [6.07, 6.45) is 0.159. The summed E-state index contributed by atoms with van der Waals surface area (Å²) in [5, 5.41) is 5.52. The molecular formula is C27H31N3O6. The molecule has 9 heteroatoms. The number of nitrogens with one attached hydrogen (secondary N) is 2. The summed E-state index contributed by atoms with van der Waals surface area (Å²) in [5.74, 6) is -0.446. The van der Waals surface area contributed by atoms with Gasteiger partial charge in [-0.1, -0.05) is 44.2 Å². The van der Waals surface area contributed by atoms with Gasteiger partial charge in [-0.3, -0.25) is 19.2 Å². The van der Waals surface area contributed by atoms with Crippen molar-refractivity contribution in [1.82, 2.24) is 15.5 Å². The van der Waals surface area contributed by atoms with Gasteiger partial charge in [-0.15, -0.1) is 0 Å².